The van der Waals surface area contributed by atoms with Crippen molar-refractivity contribution in [3.63, 3.8) is 0 Å². The van der Waals surface area contributed by atoms with Gasteiger partial charge in [0, 0.05) is 19.1 Å². The molecular formula is C10H13N5. The monoisotopic (exact) mass is 203 g/mol. The van der Waals surface area contributed by atoms with Crippen molar-refractivity contribution in [2.24, 2.45) is 0 Å². The number of rotatable bonds is 4. The van der Waals surface area contributed by atoms with E-state index in [1.165, 1.54) is 6.33 Å². The Hall–Kier alpha value is -1.85. The Morgan fingerprint density at radius 1 is 1.47 bits per heavy atom. The molecule has 0 saturated carbocycles. The van der Waals surface area contributed by atoms with Crippen molar-refractivity contribution < 1.29 is 0 Å². The fraction of sp³-hybridized carbons (Fsp3) is 0.500. The van der Waals surface area contributed by atoms with E-state index in [0.29, 0.717) is 18.3 Å². The van der Waals surface area contributed by atoms with Crippen LogP contribution in [0.4, 0.5) is 0 Å². The van der Waals surface area contributed by atoms with Gasteiger partial charge in [0.1, 0.15) is 12.1 Å². The molecular weight excluding hydrogens is 190 g/mol. The van der Waals surface area contributed by atoms with Crippen LogP contribution in [0.25, 0.3) is 0 Å². The van der Waals surface area contributed by atoms with Crippen molar-refractivity contribution in [2.45, 2.75) is 26.4 Å². The lowest BCUT2D eigenvalue weighted by Crippen LogP contribution is -2.26. The first-order chi connectivity index (χ1) is 7.19. The molecule has 1 rings (SSSR count). The largest absolute Gasteiger partial charge is 0.320 e. The van der Waals surface area contributed by atoms with Crippen LogP contribution >= 0.6 is 0 Å². The standard InChI is InChI=1S/C10H13N5/c1-8(2)13-3-4-15-7-14-9(5-11)10(15)6-12/h7-8,13H,3-4H2,1-2H3. The van der Waals surface area contributed by atoms with Gasteiger partial charge in [-0.05, 0) is 0 Å². The second-order valence-corrected chi connectivity index (χ2v) is 3.47. The van der Waals surface area contributed by atoms with Gasteiger partial charge in [-0.25, -0.2) is 4.98 Å². The fourth-order valence-corrected chi connectivity index (χ4v) is 1.22. The zero-order valence-electron chi connectivity index (χ0n) is 8.86. The lowest BCUT2D eigenvalue weighted by Gasteiger charge is -2.08. The molecule has 0 aliphatic carbocycles. The molecule has 0 aliphatic heterocycles. The Balaban J connectivity index is 2.67. The Morgan fingerprint density at radius 3 is 2.73 bits per heavy atom. The molecule has 1 heterocycles. The van der Waals surface area contributed by atoms with E-state index in [-0.39, 0.29) is 5.69 Å². The summed E-state index contributed by atoms with van der Waals surface area (Å²) in [4.78, 5) is 3.85. The molecule has 0 amide bonds. The van der Waals surface area contributed by atoms with Crippen molar-refractivity contribution in [1.82, 2.24) is 14.9 Å². The maximum absolute atomic E-state index is 8.85. The fourth-order valence-electron chi connectivity index (χ4n) is 1.22. The molecule has 0 radical (unpaired) electrons. The summed E-state index contributed by atoms with van der Waals surface area (Å²) in [5.74, 6) is 0. The summed E-state index contributed by atoms with van der Waals surface area (Å²) in [6.45, 7) is 5.52. The average Bonchev–Trinajstić information content (AvgIpc) is 2.59. The quantitative estimate of drug-likeness (QED) is 0.778. The number of imidazole rings is 1. The summed E-state index contributed by atoms with van der Waals surface area (Å²) in [5.41, 5.74) is 0.533. The third-order valence-corrected chi connectivity index (χ3v) is 1.95. The van der Waals surface area contributed by atoms with Crippen molar-refractivity contribution >= 4 is 0 Å². The Morgan fingerprint density at radius 2 is 2.20 bits per heavy atom. The summed E-state index contributed by atoms with van der Waals surface area (Å²) < 4.78 is 1.69. The maximum Gasteiger partial charge on any atom is 0.176 e. The van der Waals surface area contributed by atoms with E-state index in [0.717, 1.165) is 6.54 Å². The van der Waals surface area contributed by atoms with Crippen molar-refractivity contribution in [3.8, 4) is 12.1 Å². The van der Waals surface area contributed by atoms with Gasteiger partial charge in [0.25, 0.3) is 0 Å². The van der Waals surface area contributed by atoms with Gasteiger partial charge in [0.05, 0.1) is 6.33 Å². The molecule has 78 valence electrons. The molecule has 0 bridgehead atoms. The van der Waals surface area contributed by atoms with Crippen LogP contribution in [0.15, 0.2) is 6.33 Å². The first-order valence-electron chi connectivity index (χ1n) is 4.77. The topological polar surface area (TPSA) is 77.4 Å². The maximum atomic E-state index is 8.85. The first-order valence-corrected chi connectivity index (χ1v) is 4.77. The molecule has 0 unspecified atom stereocenters. The van der Waals surface area contributed by atoms with E-state index in [2.05, 4.69) is 24.1 Å². The Labute approximate surface area is 89.0 Å². The van der Waals surface area contributed by atoms with Crippen LogP contribution in [0.1, 0.15) is 25.2 Å². The number of nitrogens with zero attached hydrogens (tertiary/aromatic N) is 4. The van der Waals surface area contributed by atoms with E-state index in [4.69, 9.17) is 10.5 Å². The van der Waals surface area contributed by atoms with Crippen LogP contribution in [-0.4, -0.2) is 22.1 Å². The molecule has 1 aromatic heterocycles. The molecule has 5 nitrogen and oxygen atoms in total. The van der Waals surface area contributed by atoms with Crippen LogP contribution < -0.4 is 5.32 Å². The number of nitriles is 2. The minimum Gasteiger partial charge on any atom is -0.320 e. The normalized spacial score (nSPS) is 9.93. The summed E-state index contributed by atoms with van der Waals surface area (Å²) in [6.07, 6.45) is 1.53. The van der Waals surface area contributed by atoms with Crippen molar-refractivity contribution in [1.29, 1.82) is 10.5 Å². The number of hydrogen-bond acceptors (Lipinski definition) is 4. The molecule has 5 heteroatoms. The molecule has 0 aliphatic rings. The van der Waals surface area contributed by atoms with Crippen LogP contribution in [0, 0.1) is 22.7 Å². The van der Waals surface area contributed by atoms with Gasteiger partial charge in [-0.1, -0.05) is 13.8 Å². The van der Waals surface area contributed by atoms with Crippen LogP contribution in [-0.2, 0) is 6.54 Å². The van der Waals surface area contributed by atoms with Gasteiger partial charge in [-0.3, -0.25) is 0 Å². The lowest BCUT2D eigenvalue weighted by molar-refractivity contribution is 0.539. The highest BCUT2D eigenvalue weighted by molar-refractivity contribution is 5.35. The molecule has 0 atom stereocenters. The molecule has 0 fully saturated rings. The molecule has 0 saturated heterocycles. The second-order valence-electron chi connectivity index (χ2n) is 3.47. The summed E-state index contributed by atoms with van der Waals surface area (Å²) in [6, 6.07) is 4.29. The Kier molecular flexibility index (Phi) is 3.84. The predicted molar refractivity (Wildman–Crippen MR) is 54.8 cm³/mol. The summed E-state index contributed by atoms with van der Waals surface area (Å²) in [7, 11) is 0. The highest BCUT2D eigenvalue weighted by Gasteiger charge is 2.08. The van der Waals surface area contributed by atoms with E-state index in [1.54, 1.807) is 4.57 Å². The molecule has 1 aromatic rings. The van der Waals surface area contributed by atoms with Gasteiger partial charge in [0.2, 0.25) is 0 Å². The minimum absolute atomic E-state index is 0.196. The molecule has 15 heavy (non-hydrogen) atoms. The lowest BCUT2D eigenvalue weighted by atomic mass is 10.3. The van der Waals surface area contributed by atoms with Crippen LogP contribution in [0.5, 0.6) is 0 Å². The number of nitrogens with one attached hydrogen (secondary N) is 1. The highest BCUT2D eigenvalue weighted by Crippen LogP contribution is 2.04. The van der Waals surface area contributed by atoms with Crippen LogP contribution in [0.2, 0.25) is 0 Å². The predicted octanol–water partition coefficient (Wildman–Crippen LogP) is 0.624. The molecule has 0 spiro atoms. The van der Waals surface area contributed by atoms with E-state index >= 15 is 0 Å². The number of aromatic nitrogens is 2. The highest BCUT2D eigenvalue weighted by atomic mass is 15.1. The summed E-state index contributed by atoms with van der Waals surface area (Å²) >= 11 is 0. The van der Waals surface area contributed by atoms with Gasteiger partial charge in [0.15, 0.2) is 11.4 Å². The number of hydrogen-bond donors (Lipinski definition) is 1. The smallest absolute Gasteiger partial charge is 0.176 e. The zero-order valence-corrected chi connectivity index (χ0v) is 8.86. The van der Waals surface area contributed by atoms with Gasteiger partial charge >= 0.3 is 0 Å². The van der Waals surface area contributed by atoms with Crippen LogP contribution in [0.3, 0.4) is 0 Å². The van der Waals surface area contributed by atoms with E-state index in [9.17, 15) is 0 Å². The molecule has 0 aromatic carbocycles. The van der Waals surface area contributed by atoms with Crippen molar-refractivity contribution in [3.05, 3.63) is 17.7 Å². The SMILES string of the molecule is CC(C)NCCn1cnc(C#N)c1C#N. The third-order valence-electron chi connectivity index (χ3n) is 1.95. The third kappa shape index (κ3) is 2.80. The second kappa shape index (κ2) is 5.14. The van der Waals surface area contributed by atoms with Gasteiger partial charge < -0.3 is 9.88 Å². The van der Waals surface area contributed by atoms with Gasteiger partial charge in [-0.15, -0.1) is 0 Å². The average molecular weight is 203 g/mol. The van der Waals surface area contributed by atoms with E-state index < -0.39 is 0 Å². The first kappa shape index (κ1) is 11.2. The Bertz CT molecular complexity index is 404. The van der Waals surface area contributed by atoms with Gasteiger partial charge in [-0.2, -0.15) is 10.5 Å². The minimum atomic E-state index is 0.196. The van der Waals surface area contributed by atoms with E-state index in [1.807, 2.05) is 12.1 Å². The molecule has 1 N–H and O–H groups in total. The zero-order chi connectivity index (χ0) is 11.3. The summed E-state index contributed by atoms with van der Waals surface area (Å²) in [5, 5.41) is 20.8. The van der Waals surface area contributed by atoms with Crippen molar-refractivity contribution in [2.75, 3.05) is 6.54 Å².